The lowest BCUT2D eigenvalue weighted by molar-refractivity contribution is -0.150. The van der Waals surface area contributed by atoms with Gasteiger partial charge >= 0.3 is 5.97 Å². The number of hydrogen-bond donors (Lipinski definition) is 0. The predicted octanol–water partition coefficient (Wildman–Crippen LogP) is 2.94. The van der Waals surface area contributed by atoms with Gasteiger partial charge in [0.2, 0.25) is 5.91 Å². The lowest BCUT2D eigenvalue weighted by Gasteiger charge is -2.32. The monoisotopic (exact) mass is 404 g/mol. The van der Waals surface area contributed by atoms with Gasteiger partial charge in [-0.25, -0.2) is 0 Å². The molecular formula is C19H24N4O4S. The van der Waals surface area contributed by atoms with Gasteiger partial charge in [-0.1, -0.05) is 9.64 Å². The highest BCUT2D eigenvalue weighted by Crippen LogP contribution is 2.37. The molecule has 2 aromatic rings. The summed E-state index contributed by atoms with van der Waals surface area (Å²) in [5.41, 5.74) is 1.18. The first-order chi connectivity index (χ1) is 13.3. The molecule has 4 rings (SSSR count). The number of hydrogen-bond acceptors (Lipinski definition) is 8. The van der Waals surface area contributed by atoms with Gasteiger partial charge in [-0.2, -0.15) is 0 Å². The Morgan fingerprint density at radius 2 is 2.25 bits per heavy atom. The summed E-state index contributed by atoms with van der Waals surface area (Å²) in [7, 11) is 0. The second kappa shape index (κ2) is 7.27. The lowest BCUT2D eigenvalue weighted by atomic mass is 9.91. The Morgan fingerprint density at radius 3 is 2.93 bits per heavy atom. The molecule has 28 heavy (non-hydrogen) atoms. The molecule has 0 radical (unpaired) electrons. The number of rotatable bonds is 4. The van der Waals surface area contributed by atoms with Gasteiger partial charge in [0.1, 0.15) is 10.5 Å². The molecule has 2 saturated heterocycles. The van der Waals surface area contributed by atoms with Crippen LogP contribution in [0.3, 0.4) is 0 Å². The van der Waals surface area contributed by atoms with E-state index in [0.717, 1.165) is 29.1 Å². The fraction of sp³-hybridized carbons (Fsp3) is 0.632. The number of aryl methyl sites for hydroxylation is 1. The Kier molecular flexibility index (Phi) is 4.95. The zero-order valence-corrected chi connectivity index (χ0v) is 17.1. The number of likely N-dealkylation sites (tertiary alicyclic amines) is 1. The summed E-state index contributed by atoms with van der Waals surface area (Å²) in [6.45, 7) is 6.92. The number of piperidine rings is 1. The minimum Gasteiger partial charge on any atom is -0.459 e. The lowest BCUT2D eigenvalue weighted by Crippen LogP contribution is -2.40. The number of nitrogens with zero attached hydrogens (tertiary/aromatic N) is 4. The van der Waals surface area contributed by atoms with Crippen molar-refractivity contribution in [2.75, 3.05) is 13.1 Å². The molecule has 0 N–H and O–H groups in total. The van der Waals surface area contributed by atoms with E-state index in [0.29, 0.717) is 25.3 Å². The van der Waals surface area contributed by atoms with Crippen LogP contribution >= 0.6 is 11.5 Å². The topological polar surface area (TPSA) is 98.4 Å². The van der Waals surface area contributed by atoms with Crippen LogP contribution in [0, 0.1) is 12.8 Å². The van der Waals surface area contributed by atoms with Crippen LogP contribution in [0.15, 0.2) is 10.6 Å². The summed E-state index contributed by atoms with van der Waals surface area (Å²) in [6.07, 6.45) is 2.62. The van der Waals surface area contributed by atoms with E-state index in [9.17, 15) is 9.59 Å². The molecule has 8 nitrogen and oxygen atoms in total. The maximum absolute atomic E-state index is 12.8. The smallest absolute Gasteiger partial charge is 0.310 e. The molecule has 150 valence electrons. The molecule has 2 aromatic heterocycles. The number of carbonyl (C=O) groups is 2. The Balaban J connectivity index is 1.45. The van der Waals surface area contributed by atoms with E-state index >= 15 is 0 Å². The van der Waals surface area contributed by atoms with Gasteiger partial charge < -0.3 is 14.2 Å². The van der Waals surface area contributed by atoms with Crippen LogP contribution in [-0.4, -0.2) is 50.2 Å². The molecule has 2 fully saturated rings. The van der Waals surface area contributed by atoms with Crippen LogP contribution in [0.5, 0.6) is 0 Å². The molecule has 1 amide bonds. The van der Waals surface area contributed by atoms with E-state index in [2.05, 4.69) is 14.7 Å². The van der Waals surface area contributed by atoms with Crippen LogP contribution in [0.1, 0.15) is 56.8 Å². The van der Waals surface area contributed by atoms with E-state index < -0.39 is 5.60 Å². The summed E-state index contributed by atoms with van der Waals surface area (Å²) < 4.78 is 14.8. The maximum Gasteiger partial charge on any atom is 0.310 e. The number of carbonyl (C=O) groups excluding carboxylic acids is 2. The van der Waals surface area contributed by atoms with Crippen LogP contribution in [0.4, 0.5) is 0 Å². The summed E-state index contributed by atoms with van der Waals surface area (Å²) in [4.78, 5) is 27.6. The van der Waals surface area contributed by atoms with Crippen molar-refractivity contribution in [1.82, 2.24) is 19.6 Å². The Labute approximate surface area is 167 Å². The first kappa shape index (κ1) is 19.0. The van der Waals surface area contributed by atoms with E-state index in [4.69, 9.17) is 9.26 Å². The summed E-state index contributed by atoms with van der Waals surface area (Å²) in [5.74, 6) is 0.158. The Bertz CT molecular complexity index is 890. The van der Waals surface area contributed by atoms with Gasteiger partial charge in [-0.3, -0.25) is 9.59 Å². The van der Waals surface area contributed by atoms with Crippen molar-refractivity contribution in [3.63, 3.8) is 0 Å². The quantitative estimate of drug-likeness (QED) is 0.723. The van der Waals surface area contributed by atoms with Crippen molar-refractivity contribution >= 4 is 23.4 Å². The van der Waals surface area contributed by atoms with Gasteiger partial charge in [0.05, 0.1) is 17.3 Å². The zero-order valence-electron chi connectivity index (χ0n) is 16.3. The second-order valence-corrected chi connectivity index (χ2v) is 9.04. The Hall–Kier alpha value is -2.29. The summed E-state index contributed by atoms with van der Waals surface area (Å²) >= 11 is 1.29. The highest BCUT2D eigenvalue weighted by molar-refractivity contribution is 7.09. The molecule has 0 bridgehead atoms. The molecule has 0 unspecified atom stereocenters. The number of cyclic esters (lactones) is 1. The van der Waals surface area contributed by atoms with Gasteiger partial charge in [0.15, 0.2) is 5.76 Å². The van der Waals surface area contributed by atoms with Crippen molar-refractivity contribution in [3.05, 3.63) is 17.5 Å². The van der Waals surface area contributed by atoms with Gasteiger partial charge in [0, 0.05) is 37.9 Å². The third kappa shape index (κ3) is 3.80. The maximum atomic E-state index is 12.8. The Morgan fingerprint density at radius 1 is 1.43 bits per heavy atom. The van der Waals surface area contributed by atoms with Crippen molar-refractivity contribution in [3.8, 4) is 10.6 Å². The van der Waals surface area contributed by atoms with E-state index in [1.54, 1.807) is 0 Å². The zero-order chi connectivity index (χ0) is 19.9. The van der Waals surface area contributed by atoms with Crippen LogP contribution < -0.4 is 0 Å². The molecule has 0 spiro atoms. The van der Waals surface area contributed by atoms with E-state index in [1.807, 2.05) is 31.7 Å². The third-order valence-corrected chi connectivity index (χ3v) is 6.15. The molecule has 0 saturated carbocycles. The summed E-state index contributed by atoms with van der Waals surface area (Å²) in [6, 6.07) is 1.87. The van der Waals surface area contributed by atoms with Crippen molar-refractivity contribution in [2.24, 2.45) is 5.92 Å². The minimum absolute atomic E-state index is 0.00426. The second-order valence-electron chi connectivity index (χ2n) is 8.28. The van der Waals surface area contributed by atoms with Crippen molar-refractivity contribution < 1.29 is 18.8 Å². The van der Waals surface area contributed by atoms with Crippen LogP contribution in [0.25, 0.3) is 10.6 Å². The number of esters is 1. The highest BCUT2D eigenvalue weighted by atomic mass is 32.1. The fourth-order valence-electron chi connectivity index (χ4n) is 4.10. The number of amides is 1. The van der Waals surface area contributed by atoms with E-state index in [1.165, 1.54) is 11.5 Å². The van der Waals surface area contributed by atoms with Gasteiger partial charge in [-0.05, 0) is 45.1 Å². The minimum atomic E-state index is -0.483. The average Bonchev–Trinajstić information content (AvgIpc) is 3.34. The largest absolute Gasteiger partial charge is 0.459 e. The molecule has 9 heteroatoms. The van der Waals surface area contributed by atoms with Gasteiger partial charge in [0.25, 0.3) is 0 Å². The SMILES string of the molecule is Cc1cc(-c2snnc2[C@@H]2CCCN(C(=O)C[C@H]3CC(C)(C)OC3=O)C2)on1. The molecule has 4 heterocycles. The normalized spacial score (nSPS) is 24.4. The average molecular weight is 404 g/mol. The number of ether oxygens (including phenoxy) is 1. The third-order valence-electron chi connectivity index (χ3n) is 5.40. The van der Waals surface area contributed by atoms with Crippen molar-refractivity contribution in [2.45, 2.75) is 58.0 Å². The fourth-order valence-corrected chi connectivity index (χ4v) is 4.80. The molecule has 0 aliphatic carbocycles. The first-order valence-electron chi connectivity index (χ1n) is 9.59. The van der Waals surface area contributed by atoms with Crippen LogP contribution in [0.2, 0.25) is 0 Å². The van der Waals surface area contributed by atoms with Crippen LogP contribution in [-0.2, 0) is 14.3 Å². The van der Waals surface area contributed by atoms with E-state index in [-0.39, 0.29) is 30.1 Å². The molecule has 2 aliphatic heterocycles. The standard InChI is InChI=1S/C19H24N4O4S/c1-11-7-14(27-21-11)17-16(20-22-28-17)12-5-4-6-23(10-12)15(24)8-13-9-19(2,3)26-18(13)25/h7,12-13H,4-6,8-10H2,1-3H3/t12-,13+/m1/s1. The molecular weight excluding hydrogens is 380 g/mol. The molecule has 0 aromatic carbocycles. The predicted molar refractivity (Wildman–Crippen MR) is 102 cm³/mol. The molecule has 2 atom stereocenters. The van der Waals surface area contributed by atoms with Gasteiger partial charge in [-0.15, -0.1) is 5.10 Å². The molecule has 2 aliphatic rings. The first-order valence-corrected chi connectivity index (χ1v) is 10.4. The van der Waals surface area contributed by atoms with Crippen molar-refractivity contribution in [1.29, 1.82) is 0 Å². The number of aromatic nitrogens is 3. The summed E-state index contributed by atoms with van der Waals surface area (Å²) in [5, 5.41) is 8.27. The highest BCUT2D eigenvalue weighted by Gasteiger charge is 2.42.